The Hall–Kier alpha value is -2.61. The molecule has 1 heterocycles. The van der Waals surface area contributed by atoms with Crippen LogP contribution in [0.4, 0.5) is 4.79 Å². The fourth-order valence-electron chi connectivity index (χ4n) is 2.07. The van der Waals surface area contributed by atoms with Gasteiger partial charge in [-0.3, -0.25) is 9.69 Å². The molecule has 2 rings (SSSR count). The predicted octanol–water partition coefficient (Wildman–Crippen LogP) is 1.51. The minimum Gasteiger partial charge on any atom is -0.319 e. The van der Waals surface area contributed by atoms with Gasteiger partial charge in [-0.2, -0.15) is 5.26 Å². The van der Waals surface area contributed by atoms with Crippen molar-refractivity contribution in [1.82, 2.24) is 10.2 Å². The molecule has 0 radical (unpaired) electrons. The summed E-state index contributed by atoms with van der Waals surface area (Å²) >= 11 is 0. The summed E-state index contributed by atoms with van der Waals surface area (Å²) in [7, 11) is 0. The Balaban J connectivity index is 2.37. The highest BCUT2D eigenvalue weighted by Gasteiger charge is 2.48. The zero-order valence-corrected chi connectivity index (χ0v) is 10.5. The van der Waals surface area contributed by atoms with E-state index in [0.29, 0.717) is 11.1 Å². The van der Waals surface area contributed by atoms with Crippen LogP contribution in [0.5, 0.6) is 0 Å². The maximum absolute atomic E-state index is 12.3. The van der Waals surface area contributed by atoms with Crippen molar-refractivity contribution in [2.75, 3.05) is 6.54 Å². The van der Waals surface area contributed by atoms with Crippen LogP contribution < -0.4 is 5.32 Å². The van der Waals surface area contributed by atoms with Gasteiger partial charge in [0.1, 0.15) is 5.54 Å². The summed E-state index contributed by atoms with van der Waals surface area (Å²) in [4.78, 5) is 25.2. The number of amides is 3. The van der Waals surface area contributed by atoms with Crippen molar-refractivity contribution in [3.05, 3.63) is 48.0 Å². The Labute approximate surface area is 111 Å². The van der Waals surface area contributed by atoms with E-state index in [1.54, 1.807) is 31.2 Å². The first kappa shape index (κ1) is 12.8. The molecule has 1 N–H and O–H groups in total. The molecule has 19 heavy (non-hydrogen) atoms. The van der Waals surface area contributed by atoms with Gasteiger partial charge in [0.25, 0.3) is 5.91 Å². The average Bonchev–Trinajstić information content (AvgIpc) is 2.64. The van der Waals surface area contributed by atoms with Crippen LogP contribution in [0.3, 0.4) is 0 Å². The SMILES string of the molecule is C=CCN1C(=O)N[C@@](C)(c2ccc(C#N)cc2)C1=O. The Morgan fingerprint density at radius 3 is 2.58 bits per heavy atom. The van der Waals surface area contributed by atoms with Crippen molar-refractivity contribution in [3.8, 4) is 6.07 Å². The van der Waals surface area contributed by atoms with Crippen molar-refractivity contribution in [3.63, 3.8) is 0 Å². The predicted molar refractivity (Wildman–Crippen MR) is 69.0 cm³/mol. The van der Waals surface area contributed by atoms with Gasteiger partial charge < -0.3 is 5.32 Å². The number of urea groups is 1. The second-order valence-electron chi connectivity index (χ2n) is 4.45. The maximum atomic E-state index is 12.3. The minimum atomic E-state index is -1.09. The minimum absolute atomic E-state index is 0.177. The smallest absolute Gasteiger partial charge is 0.319 e. The molecule has 0 aromatic heterocycles. The number of nitrogens with one attached hydrogen (secondary N) is 1. The van der Waals surface area contributed by atoms with E-state index in [1.807, 2.05) is 6.07 Å². The molecular formula is C14H13N3O2. The van der Waals surface area contributed by atoms with Gasteiger partial charge in [0.2, 0.25) is 0 Å². The van der Waals surface area contributed by atoms with Gasteiger partial charge in [-0.1, -0.05) is 18.2 Å². The van der Waals surface area contributed by atoms with Crippen molar-refractivity contribution < 1.29 is 9.59 Å². The van der Waals surface area contributed by atoms with Crippen molar-refractivity contribution in [1.29, 1.82) is 5.26 Å². The fraction of sp³-hybridized carbons (Fsp3) is 0.214. The summed E-state index contributed by atoms with van der Waals surface area (Å²) in [6.45, 7) is 5.35. The number of hydrogen-bond acceptors (Lipinski definition) is 3. The highest BCUT2D eigenvalue weighted by Crippen LogP contribution is 2.28. The van der Waals surface area contributed by atoms with E-state index in [-0.39, 0.29) is 12.5 Å². The number of nitrogens with zero attached hydrogens (tertiary/aromatic N) is 2. The first-order valence-corrected chi connectivity index (χ1v) is 5.78. The zero-order chi connectivity index (χ0) is 14.0. The Bertz CT molecular complexity index is 586. The third-order valence-corrected chi connectivity index (χ3v) is 3.18. The second kappa shape index (κ2) is 4.58. The number of benzene rings is 1. The van der Waals surface area contributed by atoms with Gasteiger partial charge in [-0.25, -0.2) is 4.79 Å². The van der Waals surface area contributed by atoms with Gasteiger partial charge >= 0.3 is 6.03 Å². The molecule has 1 atom stereocenters. The lowest BCUT2D eigenvalue weighted by Gasteiger charge is -2.22. The largest absolute Gasteiger partial charge is 0.325 e. The third-order valence-electron chi connectivity index (χ3n) is 3.18. The van der Waals surface area contributed by atoms with Gasteiger partial charge in [0.15, 0.2) is 0 Å². The fourth-order valence-corrected chi connectivity index (χ4v) is 2.07. The molecular weight excluding hydrogens is 242 g/mol. The Morgan fingerprint density at radius 1 is 1.42 bits per heavy atom. The molecule has 1 aromatic carbocycles. The summed E-state index contributed by atoms with van der Waals surface area (Å²) in [5, 5.41) is 11.4. The lowest BCUT2D eigenvalue weighted by Crippen LogP contribution is -2.40. The molecule has 0 unspecified atom stereocenters. The summed E-state index contributed by atoms with van der Waals surface area (Å²) in [6, 6.07) is 8.17. The van der Waals surface area contributed by atoms with E-state index in [4.69, 9.17) is 5.26 Å². The lowest BCUT2D eigenvalue weighted by molar-refractivity contribution is -0.130. The molecule has 0 spiro atoms. The summed E-state index contributed by atoms with van der Waals surface area (Å²) in [5.74, 6) is -0.317. The van der Waals surface area contributed by atoms with Crippen LogP contribution in [0.2, 0.25) is 0 Å². The van der Waals surface area contributed by atoms with Crippen LogP contribution >= 0.6 is 0 Å². The molecule has 1 aliphatic rings. The molecule has 0 aliphatic carbocycles. The molecule has 5 heteroatoms. The van der Waals surface area contributed by atoms with Crippen molar-refractivity contribution in [2.24, 2.45) is 0 Å². The number of nitriles is 1. The first-order valence-electron chi connectivity index (χ1n) is 5.78. The lowest BCUT2D eigenvalue weighted by atomic mass is 9.91. The van der Waals surface area contributed by atoms with Crippen LogP contribution in [-0.4, -0.2) is 23.4 Å². The molecule has 3 amide bonds. The number of carbonyl (C=O) groups excluding carboxylic acids is 2. The van der Waals surface area contributed by atoms with Crippen LogP contribution in [0, 0.1) is 11.3 Å². The normalized spacial score (nSPS) is 22.0. The summed E-state index contributed by atoms with van der Waals surface area (Å²) < 4.78 is 0. The van der Waals surface area contributed by atoms with E-state index in [0.717, 1.165) is 4.90 Å². The Morgan fingerprint density at radius 2 is 2.05 bits per heavy atom. The number of carbonyl (C=O) groups is 2. The highest BCUT2D eigenvalue weighted by molar-refractivity contribution is 6.07. The van der Waals surface area contributed by atoms with Crippen molar-refractivity contribution in [2.45, 2.75) is 12.5 Å². The molecule has 1 saturated heterocycles. The van der Waals surface area contributed by atoms with Crippen LogP contribution in [0.15, 0.2) is 36.9 Å². The van der Waals surface area contributed by atoms with Crippen LogP contribution in [0.1, 0.15) is 18.1 Å². The Kier molecular flexibility index (Phi) is 3.09. The topological polar surface area (TPSA) is 73.2 Å². The van der Waals surface area contributed by atoms with Crippen LogP contribution in [-0.2, 0) is 10.3 Å². The number of rotatable bonds is 3. The standard InChI is InChI=1S/C14H13N3O2/c1-3-8-17-12(18)14(2,16-13(17)19)11-6-4-10(9-15)5-7-11/h3-7H,1,8H2,2H3,(H,16,19)/t14-/m0/s1. The van der Waals surface area contributed by atoms with Gasteiger partial charge in [0.05, 0.1) is 11.6 Å². The zero-order valence-electron chi connectivity index (χ0n) is 10.5. The first-order chi connectivity index (χ1) is 9.02. The van der Waals surface area contributed by atoms with E-state index < -0.39 is 11.6 Å². The van der Waals surface area contributed by atoms with Gasteiger partial charge in [0, 0.05) is 6.54 Å². The quantitative estimate of drug-likeness (QED) is 0.657. The van der Waals surface area contributed by atoms with E-state index in [2.05, 4.69) is 11.9 Å². The molecule has 1 aliphatic heterocycles. The molecule has 1 aromatic rings. The average molecular weight is 255 g/mol. The van der Waals surface area contributed by atoms with E-state index in [9.17, 15) is 9.59 Å². The summed E-state index contributed by atoms with van der Waals surface area (Å²) in [5.41, 5.74) is 0.0668. The third kappa shape index (κ3) is 1.97. The van der Waals surface area contributed by atoms with Crippen LogP contribution in [0.25, 0.3) is 0 Å². The molecule has 5 nitrogen and oxygen atoms in total. The summed E-state index contributed by atoms with van der Waals surface area (Å²) in [6.07, 6.45) is 1.50. The van der Waals surface area contributed by atoms with E-state index >= 15 is 0 Å². The number of hydrogen-bond donors (Lipinski definition) is 1. The van der Waals surface area contributed by atoms with Gasteiger partial charge in [-0.15, -0.1) is 6.58 Å². The molecule has 96 valence electrons. The monoisotopic (exact) mass is 255 g/mol. The second-order valence-corrected chi connectivity index (χ2v) is 4.45. The molecule has 0 bridgehead atoms. The highest BCUT2D eigenvalue weighted by atomic mass is 16.2. The molecule has 1 fully saturated rings. The van der Waals surface area contributed by atoms with E-state index in [1.165, 1.54) is 6.08 Å². The maximum Gasteiger partial charge on any atom is 0.325 e. The van der Waals surface area contributed by atoms with Gasteiger partial charge in [-0.05, 0) is 24.6 Å². The van der Waals surface area contributed by atoms with Crippen molar-refractivity contribution >= 4 is 11.9 Å². The number of imide groups is 1. The molecule has 0 saturated carbocycles.